The van der Waals surface area contributed by atoms with E-state index in [1.165, 1.54) is 19.3 Å². The van der Waals surface area contributed by atoms with Crippen molar-refractivity contribution >= 4 is 16.5 Å². The number of benzene rings is 2. The second-order valence-electron chi connectivity index (χ2n) is 8.98. The number of allylic oxidation sites excluding steroid dienone is 1. The van der Waals surface area contributed by atoms with Gasteiger partial charge in [0.1, 0.15) is 17.7 Å². The van der Waals surface area contributed by atoms with Crippen molar-refractivity contribution in [2.75, 3.05) is 0 Å². The van der Waals surface area contributed by atoms with Gasteiger partial charge in [0.2, 0.25) is 5.88 Å². The van der Waals surface area contributed by atoms with Crippen molar-refractivity contribution in [1.82, 2.24) is 20.2 Å². The third-order valence-electron chi connectivity index (χ3n) is 6.64. The molecule has 2 aromatic carbocycles. The number of ether oxygens (including phenoxy) is 1. The van der Waals surface area contributed by atoms with Crippen LogP contribution in [0.2, 0.25) is 0 Å². The van der Waals surface area contributed by atoms with Gasteiger partial charge in [0.15, 0.2) is 0 Å². The van der Waals surface area contributed by atoms with Crippen LogP contribution in [0.15, 0.2) is 54.7 Å². The van der Waals surface area contributed by atoms with Gasteiger partial charge in [-0.3, -0.25) is 5.10 Å². The van der Waals surface area contributed by atoms with Gasteiger partial charge >= 0.3 is 0 Å². The Bertz CT molecular complexity index is 1330. The highest BCUT2D eigenvalue weighted by Gasteiger charge is 2.27. The van der Waals surface area contributed by atoms with Crippen molar-refractivity contribution in [3.8, 4) is 11.6 Å². The number of rotatable bonds is 5. The third kappa shape index (κ3) is 3.97. The Hall–Kier alpha value is -3.67. The molecule has 0 spiro atoms. The number of aromatic hydroxyl groups is 1. The highest BCUT2D eigenvalue weighted by Crippen LogP contribution is 2.39. The van der Waals surface area contributed by atoms with E-state index in [1.54, 1.807) is 12.1 Å². The van der Waals surface area contributed by atoms with E-state index in [0.29, 0.717) is 12.3 Å². The Morgan fingerprint density at radius 2 is 1.85 bits per heavy atom. The molecule has 33 heavy (non-hydrogen) atoms. The number of nitrogens with zero attached hydrogens (tertiary/aromatic N) is 3. The van der Waals surface area contributed by atoms with Crippen LogP contribution in [0, 0.1) is 0 Å². The number of aromatic nitrogens is 4. The number of aromatic amines is 1. The van der Waals surface area contributed by atoms with E-state index in [2.05, 4.69) is 34.5 Å². The summed E-state index contributed by atoms with van der Waals surface area (Å²) >= 11 is 0. The van der Waals surface area contributed by atoms with Crippen LogP contribution in [0.3, 0.4) is 0 Å². The Balaban J connectivity index is 1.37. The smallest absolute Gasteiger partial charge is 0.225 e. The highest BCUT2D eigenvalue weighted by molar-refractivity contribution is 5.86. The van der Waals surface area contributed by atoms with Crippen LogP contribution >= 0.6 is 0 Å². The van der Waals surface area contributed by atoms with Gasteiger partial charge in [0, 0.05) is 18.2 Å². The summed E-state index contributed by atoms with van der Waals surface area (Å²) < 4.78 is 6.55. The predicted molar refractivity (Wildman–Crippen MR) is 127 cm³/mol. The van der Waals surface area contributed by atoms with Crippen LogP contribution < -0.4 is 4.74 Å². The highest BCUT2D eigenvalue weighted by atomic mass is 16.5. The minimum Gasteiger partial charge on any atom is -0.508 e. The van der Waals surface area contributed by atoms with Crippen LogP contribution in [0.5, 0.6) is 11.6 Å². The molecule has 1 fully saturated rings. The van der Waals surface area contributed by atoms with Gasteiger partial charge in [-0.1, -0.05) is 30.7 Å². The van der Waals surface area contributed by atoms with Crippen LogP contribution in [-0.4, -0.2) is 31.4 Å². The fourth-order valence-corrected chi connectivity index (χ4v) is 4.95. The molecule has 4 aromatic rings. The first-order valence-corrected chi connectivity index (χ1v) is 11.7. The predicted octanol–water partition coefficient (Wildman–Crippen LogP) is 5.35. The summed E-state index contributed by atoms with van der Waals surface area (Å²) in [7, 11) is 0. The maximum atomic E-state index is 9.72. The number of hydrogen-bond donors (Lipinski definition) is 2. The fourth-order valence-electron chi connectivity index (χ4n) is 4.95. The molecule has 2 aliphatic rings. The number of H-pyrrole nitrogens is 1. The molecule has 6 heteroatoms. The van der Waals surface area contributed by atoms with E-state index >= 15 is 0 Å². The van der Waals surface area contributed by atoms with Crippen LogP contribution in [0.4, 0.5) is 0 Å². The van der Waals surface area contributed by atoms with Gasteiger partial charge in [0.05, 0.1) is 23.0 Å². The van der Waals surface area contributed by atoms with Gasteiger partial charge in [-0.15, -0.1) is 0 Å². The summed E-state index contributed by atoms with van der Waals surface area (Å²) in [5.41, 5.74) is 6.32. The quantitative estimate of drug-likeness (QED) is 0.439. The first-order chi connectivity index (χ1) is 16.2. The number of phenolic OH excluding ortho intramolecular Hbond substituents is 1. The van der Waals surface area contributed by atoms with Gasteiger partial charge in [-0.25, -0.2) is 4.98 Å². The standard InChI is InChI=1S/C27H26N4O2/c32-20-9-7-18(8-10-20)22-11-13-24-26(22)27(33-21-4-2-1-3-5-21)30-25(29-24)15-17-6-12-23-19(14-17)16-28-31-23/h6-12,14,16,21,32H,1-5,13,15H2,(H,28,31). The molecule has 2 N–H and O–H groups in total. The van der Waals surface area contributed by atoms with Crippen molar-refractivity contribution < 1.29 is 9.84 Å². The lowest BCUT2D eigenvalue weighted by Crippen LogP contribution is -2.21. The van der Waals surface area contributed by atoms with Gasteiger partial charge in [0.25, 0.3) is 0 Å². The van der Waals surface area contributed by atoms with E-state index in [9.17, 15) is 5.11 Å². The molecule has 1 saturated carbocycles. The summed E-state index contributed by atoms with van der Waals surface area (Å²) in [6, 6.07) is 13.6. The summed E-state index contributed by atoms with van der Waals surface area (Å²) in [6.45, 7) is 0. The lowest BCUT2D eigenvalue weighted by Gasteiger charge is -2.24. The summed E-state index contributed by atoms with van der Waals surface area (Å²) in [5.74, 6) is 1.74. The van der Waals surface area contributed by atoms with E-state index in [0.717, 1.165) is 63.9 Å². The molecule has 2 heterocycles. The first-order valence-electron chi connectivity index (χ1n) is 11.7. The lowest BCUT2D eigenvalue weighted by molar-refractivity contribution is 0.147. The SMILES string of the molecule is Oc1ccc(C2=CCc3nc(Cc4ccc5[nH]ncc5c4)nc(OC4CCCCC4)c32)cc1. The number of hydrogen-bond acceptors (Lipinski definition) is 5. The number of phenols is 1. The third-order valence-corrected chi connectivity index (χ3v) is 6.64. The normalized spacial score (nSPS) is 16.1. The van der Waals surface area contributed by atoms with Crippen molar-refractivity contribution in [2.24, 2.45) is 0 Å². The van der Waals surface area contributed by atoms with Crippen LogP contribution in [0.25, 0.3) is 16.5 Å². The minimum atomic E-state index is 0.203. The van der Waals surface area contributed by atoms with E-state index in [4.69, 9.17) is 14.7 Å². The van der Waals surface area contributed by atoms with Crippen LogP contribution in [0.1, 0.15) is 60.3 Å². The van der Waals surface area contributed by atoms with Gasteiger partial charge in [-0.2, -0.15) is 10.1 Å². The molecule has 0 unspecified atom stereocenters. The number of nitrogens with one attached hydrogen (secondary N) is 1. The van der Waals surface area contributed by atoms with E-state index in [1.807, 2.05) is 18.3 Å². The Morgan fingerprint density at radius 3 is 2.70 bits per heavy atom. The zero-order valence-corrected chi connectivity index (χ0v) is 18.4. The largest absolute Gasteiger partial charge is 0.508 e. The monoisotopic (exact) mass is 438 g/mol. The zero-order chi connectivity index (χ0) is 22.2. The van der Waals surface area contributed by atoms with Crippen molar-refractivity contribution in [2.45, 2.75) is 51.0 Å². The molecule has 0 atom stereocenters. The van der Waals surface area contributed by atoms with E-state index in [-0.39, 0.29) is 11.9 Å². The maximum Gasteiger partial charge on any atom is 0.225 e. The molecule has 0 saturated heterocycles. The molecule has 2 aromatic heterocycles. The average molecular weight is 439 g/mol. The topological polar surface area (TPSA) is 83.9 Å². The van der Waals surface area contributed by atoms with Gasteiger partial charge in [-0.05, 0) is 66.6 Å². The zero-order valence-electron chi connectivity index (χ0n) is 18.4. The molecular weight excluding hydrogens is 412 g/mol. The molecule has 0 radical (unpaired) electrons. The molecule has 166 valence electrons. The van der Waals surface area contributed by atoms with Crippen LogP contribution in [-0.2, 0) is 12.8 Å². The molecule has 6 nitrogen and oxygen atoms in total. The second kappa shape index (κ2) is 8.35. The molecule has 2 aliphatic carbocycles. The summed E-state index contributed by atoms with van der Waals surface area (Å²) in [6.07, 6.45) is 11.5. The van der Waals surface area contributed by atoms with Crippen molar-refractivity contribution in [3.05, 3.63) is 82.9 Å². The fraction of sp³-hybridized carbons (Fsp3) is 0.296. The summed E-state index contributed by atoms with van der Waals surface area (Å²) in [4.78, 5) is 9.90. The maximum absolute atomic E-state index is 9.72. The second-order valence-corrected chi connectivity index (χ2v) is 8.98. The van der Waals surface area contributed by atoms with Crippen molar-refractivity contribution in [1.29, 1.82) is 0 Å². The van der Waals surface area contributed by atoms with Gasteiger partial charge < -0.3 is 9.84 Å². The van der Waals surface area contributed by atoms with Crippen molar-refractivity contribution in [3.63, 3.8) is 0 Å². The lowest BCUT2D eigenvalue weighted by atomic mass is 9.97. The minimum absolute atomic E-state index is 0.203. The summed E-state index contributed by atoms with van der Waals surface area (Å²) in [5, 5.41) is 17.9. The molecule has 6 rings (SSSR count). The molecular formula is C27H26N4O2. The Morgan fingerprint density at radius 1 is 1.00 bits per heavy atom. The van der Waals surface area contributed by atoms with E-state index < -0.39 is 0 Å². The number of fused-ring (bicyclic) bond motifs is 2. The Labute approximate surface area is 192 Å². The molecule has 0 bridgehead atoms. The Kier molecular flexibility index (Phi) is 5.06. The average Bonchev–Trinajstić information content (AvgIpc) is 3.47. The molecule has 0 aliphatic heterocycles. The first kappa shape index (κ1) is 20.0. The molecule has 0 amide bonds.